The fraction of sp³-hybridized carbons (Fsp3) is 0.500. The molecule has 0 spiro atoms. The number of aromatic nitrogens is 2. The molecule has 1 aromatic carbocycles. The number of fused-ring (bicyclic) bond motifs is 1. The van der Waals surface area contributed by atoms with Crippen LogP contribution in [-0.2, 0) is 7.05 Å². The molecule has 1 fully saturated rings. The summed E-state index contributed by atoms with van der Waals surface area (Å²) >= 11 is 0. The van der Waals surface area contributed by atoms with Crippen molar-refractivity contribution in [3.63, 3.8) is 0 Å². The van der Waals surface area contributed by atoms with Crippen molar-refractivity contribution >= 4 is 16.9 Å². The van der Waals surface area contributed by atoms with Crippen LogP contribution in [0.5, 0.6) is 0 Å². The molecule has 1 aromatic heterocycles. The highest BCUT2D eigenvalue weighted by molar-refractivity contribution is 5.97. The van der Waals surface area contributed by atoms with Crippen molar-refractivity contribution in [3.8, 4) is 0 Å². The zero-order valence-electron chi connectivity index (χ0n) is 13.1. The molecule has 6 nitrogen and oxygen atoms in total. The number of aryl methyl sites for hydroxylation is 1. The van der Waals surface area contributed by atoms with Crippen LogP contribution in [0.25, 0.3) is 11.0 Å². The van der Waals surface area contributed by atoms with Crippen LogP contribution in [0.2, 0.25) is 0 Å². The van der Waals surface area contributed by atoms with E-state index in [1.54, 1.807) is 23.7 Å². The van der Waals surface area contributed by atoms with Crippen molar-refractivity contribution in [2.24, 2.45) is 7.05 Å². The Morgan fingerprint density at radius 1 is 1.32 bits per heavy atom. The minimum absolute atomic E-state index is 0.00468. The van der Waals surface area contributed by atoms with Crippen molar-refractivity contribution in [3.05, 3.63) is 34.2 Å². The van der Waals surface area contributed by atoms with E-state index in [4.69, 9.17) is 0 Å². The summed E-state index contributed by atoms with van der Waals surface area (Å²) in [6.07, 6.45) is 1.91. The molecular weight excluding hydrogens is 280 g/mol. The Labute approximate surface area is 129 Å². The number of rotatable bonds is 3. The maximum absolute atomic E-state index is 12.6. The zero-order chi connectivity index (χ0) is 15.7. The smallest absolute Gasteiger partial charge is 0.329 e. The fourth-order valence-corrected chi connectivity index (χ4v) is 3.19. The molecule has 1 amide bonds. The first-order valence-corrected chi connectivity index (χ1v) is 7.83. The van der Waals surface area contributed by atoms with E-state index in [1.807, 2.05) is 17.6 Å². The van der Waals surface area contributed by atoms with E-state index in [0.29, 0.717) is 12.1 Å². The summed E-state index contributed by atoms with van der Waals surface area (Å²) in [5.74, 6) is -0.105. The minimum Gasteiger partial charge on any atom is -0.352 e. The highest BCUT2D eigenvalue weighted by Crippen LogP contribution is 2.23. The van der Waals surface area contributed by atoms with Crippen molar-refractivity contribution in [2.45, 2.75) is 25.8 Å². The van der Waals surface area contributed by atoms with Gasteiger partial charge in [0.2, 0.25) is 0 Å². The van der Waals surface area contributed by atoms with Crippen molar-refractivity contribution in [2.75, 3.05) is 19.6 Å². The highest BCUT2D eigenvalue weighted by atomic mass is 16.2. The lowest BCUT2D eigenvalue weighted by Crippen LogP contribution is -2.34. The van der Waals surface area contributed by atoms with Gasteiger partial charge in [-0.15, -0.1) is 0 Å². The summed E-state index contributed by atoms with van der Waals surface area (Å²) in [6.45, 7) is 4.35. The summed E-state index contributed by atoms with van der Waals surface area (Å²) in [7, 11) is 1.77. The van der Waals surface area contributed by atoms with Crippen LogP contribution in [0, 0.1) is 0 Å². The molecule has 0 aliphatic carbocycles. The summed E-state index contributed by atoms with van der Waals surface area (Å²) in [5, 5.41) is 6.11. The third kappa shape index (κ3) is 2.43. The first kappa shape index (κ1) is 14.8. The van der Waals surface area contributed by atoms with Crippen LogP contribution in [0.1, 0.15) is 36.2 Å². The van der Waals surface area contributed by atoms with Gasteiger partial charge in [0, 0.05) is 25.2 Å². The molecule has 2 heterocycles. The van der Waals surface area contributed by atoms with Gasteiger partial charge in [-0.1, -0.05) is 0 Å². The molecule has 0 atom stereocenters. The lowest BCUT2D eigenvalue weighted by atomic mass is 10.1. The van der Waals surface area contributed by atoms with E-state index < -0.39 is 0 Å². The monoisotopic (exact) mass is 302 g/mol. The molecule has 1 aliphatic heterocycles. The van der Waals surface area contributed by atoms with Gasteiger partial charge in [-0.25, -0.2) is 4.79 Å². The Morgan fingerprint density at radius 2 is 2.05 bits per heavy atom. The van der Waals surface area contributed by atoms with E-state index in [-0.39, 0.29) is 17.6 Å². The second-order valence-corrected chi connectivity index (χ2v) is 5.76. The minimum atomic E-state index is -0.105. The quantitative estimate of drug-likeness (QED) is 0.889. The molecule has 0 unspecified atom stereocenters. The van der Waals surface area contributed by atoms with Crippen molar-refractivity contribution in [1.29, 1.82) is 0 Å². The lowest BCUT2D eigenvalue weighted by Gasteiger charge is -2.23. The van der Waals surface area contributed by atoms with Crippen LogP contribution < -0.4 is 16.3 Å². The number of nitrogens with one attached hydrogen (secondary N) is 2. The molecule has 22 heavy (non-hydrogen) atoms. The average Bonchev–Trinajstić information content (AvgIpc) is 2.79. The summed E-state index contributed by atoms with van der Waals surface area (Å²) < 4.78 is 3.53. The molecule has 0 saturated carbocycles. The molecule has 0 radical (unpaired) electrons. The van der Waals surface area contributed by atoms with Gasteiger partial charge >= 0.3 is 5.69 Å². The van der Waals surface area contributed by atoms with Gasteiger partial charge in [-0.3, -0.25) is 13.9 Å². The number of carbonyl (C=O) groups excluding carboxylic acids is 1. The van der Waals surface area contributed by atoms with Crippen LogP contribution >= 0.6 is 0 Å². The second kappa shape index (κ2) is 5.96. The Kier molecular flexibility index (Phi) is 4.02. The van der Waals surface area contributed by atoms with E-state index in [2.05, 4.69) is 10.6 Å². The Bertz CT molecular complexity index is 753. The molecule has 2 N–H and O–H groups in total. The average molecular weight is 302 g/mol. The van der Waals surface area contributed by atoms with Gasteiger partial charge in [0.15, 0.2) is 0 Å². The molecule has 2 aromatic rings. The molecule has 3 rings (SSSR count). The Balaban J connectivity index is 2.09. The van der Waals surface area contributed by atoms with Gasteiger partial charge in [0.1, 0.15) is 0 Å². The Hall–Kier alpha value is -2.08. The largest absolute Gasteiger partial charge is 0.352 e. The number of amides is 1. The van der Waals surface area contributed by atoms with Gasteiger partial charge in [-0.05, 0) is 51.1 Å². The van der Waals surface area contributed by atoms with Crippen molar-refractivity contribution < 1.29 is 4.79 Å². The lowest BCUT2D eigenvalue weighted by molar-refractivity contribution is 0.0956. The standard InChI is InChI=1S/C16H22N4O2/c1-3-18-15(21)11-4-5-13-14(10-11)19(2)16(22)20(13)12-6-8-17-9-7-12/h4-5,10,12,17H,3,6-9H2,1-2H3,(H,18,21). The number of hydrogen-bond donors (Lipinski definition) is 2. The number of piperidine rings is 1. The van der Waals surface area contributed by atoms with Crippen LogP contribution in [-0.4, -0.2) is 34.7 Å². The second-order valence-electron chi connectivity index (χ2n) is 5.76. The van der Waals surface area contributed by atoms with Crippen LogP contribution in [0.4, 0.5) is 0 Å². The van der Waals surface area contributed by atoms with Gasteiger partial charge in [0.25, 0.3) is 5.91 Å². The molecule has 1 aliphatic rings. The highest BCUT2D eigenvalue weighted by Gasteiger charge is 2.21. The first-order chi connectivity index (χ1) is 10.6. The van der Waals surface area contributed by atoms with Gasteiger partial charge in [-0.2, -0.15) is 0 Å². The van der Waals surface area contributed by atoms with Gasteiger partial charge < -0.3 is 10.6 Å². The number of hydrogen-bond acceptors (Lipinski definition) is 3. The number of imidazole rings is 1. The first-order valence-electron chi connectivity index (χ1n) is 7.83. The Morgan fingerprint density at radius 3 is 2.73 bits per heavy atom. The topological polar surface area (TPSA) is 68.1 Å². The molecular formula is C16H22N4O2. The predicted octanol–water partition coefficient (Wildman–Crippen LogP) is 1.01. The summed E-state index contributed by atoms with van der Waals surface area (Å²) in [4.78, 5) is 24.6. The molecule has 0 bridgehead atoms. The summed E-state index contributed by atoms with van der Waals surface area (Å²) in [5.41, 5.74) is 2.31. The van der Waals surface area contributed by atoms with Crippen LogP contribution in [0.3, 0.4) is 0 Å². The zero-order valence-corrected chi connectivity index (χ0v) is 13.1. The molecule has 6 heteroatoms. The predicted molar refractivity (Wildman–Crippen MR) is 86.3 cm³/mol. The summed E-state index contributed by atoms with van der Waals surface area (Å²) in [6, 6.07) is 5.72. The fourth-order valence-electron chi connectivity index (χ4n) is 3.19. The number of carbonyl (C=O) groups is 1. The SMILES string of the molecule is CCNC(=O)c1ccc2c(c1)n(C)c(=O)n2C1CCNCC1. The van der Waals surface area contributed by atoms with Crippen LogP contribution in [0.15, 0.2) is 23.0 Å². The third-order valence-corrected chi connectivity index (χ3v) is 4.36. The number of nitrogens with zero attached hydrogens (tertiary/aromatic N) is 2. The van der Waals surface area contributed by atoms with E-state index in [1.165, 1.54) is 0 Å². The normalized spacial score (nSPS) is 16.1. The maximum Gasteiger partial charge on any atom is 0.329 e. The van der Waals surface area contributed by atoms with Crippen molar-refractivity contribution in [1.82, 2.24) is 19.8 Å². The van der Waals surface area contributed by atoms with Gasteiger partial charge in [0.05, 0.1) is 11.0 Å². The number of benzene rings is 1. The van der Waals surface area contributed by atoms with E-state index >= 15 is 0 Å². The molecule has 1 saturated heterocycles. The van der Waals surface area contributed by atoms with E-state index in [9.17, 15) is 9.59 Å². The molecule has 118 valence electrons. The third-order valence-electron chi connectivity index (χ3n) is 4.36. The van der Waals surface area contributed by atoms with E-state index in [0.717, 1.165) is 37.0 Å². The maximum atomic E-state index is 12.6.